The maximum Gasteiger partial charge on any atom is 0.377 e. The zero-order valence-corrected chi connectivity index (χ0v) is 24.5. The zero-order valence-electron chi connectivity index (χ0n) is 24.5. The van der Waals surface area contributed by atoms with Gasteiger partial charge in [0.15, 0.2) is 0 Å². The summed E-state index contributed by atoms with van der Waals surface area (Å²) >= 11 is 0. The van der Waals surface area contributed by atoms with E-state index in [0.29, 0.717) is 0 Å². The topological polar surface area (TPSA) is 43.3 Å². The Hall–Kier alpha value is -5.42. The van der Waals surface area contributed by atoms with Gasteiger partial charge in [0.1, 0.15) is 36.4 Å². The van der Waals surface area contributed by atoms with E-state index in [2.05, 4.69) is 83.6 Å². The highest BCUT2D eigenvalue weighted by atomic mass is 16.5. The lowest BCUT2D eigenvalue weighted by Crippen LogP contribution is -2.37. The molecule has 0 spiro atoms. The van der Waals surface area contributed by atoms with E-state index in [1.165, 1.54) is 0 Å². The number of para-hydroxylation sites is 2. The van der Waals surface area contributed by atoms with E-state index >= 15 is 0 Å². The lowest BCUT2D eigenvalue weighted by molar-refractivity contribution is -0.685. The Balaban J connectivity index is 1.25. The summed E-state index contributed by atoms with van der Waals surface area (Å²) in [4.78, 5) is 0. The van der Waals surface area contributed by atoms with Crippen LogP contribution in [0.1, 0.15) is 11.1 Å². The van der Waals surface area contributed by atoms with Crippen LogP contribution in [0.25, 0.3) is 66.4 Å². The third-order valence-corrected chi connectivity index (χ3v) is 8.60. The summed E-state index contributed by atoms with van der Waals surface area (Å²) in [6.45, 7) is 4.25. The number of aromatic nitrogens is 2. The van der Waals surface area contributed by atoms with E-state index in [4.69, 9.17) is 13.6 Å². The maximum atomic E-state index is 6.65. The molecule has 0 radical (unpaired) electrons. The van der Waals surface area contributed by atoms with Crippen molar-refractivity contribution in [2.75, 3.05) is 0 Å². The predicted molar refractivity (Wildman–Crippen MR) is 170 cm³/mol. The highest BCUT2D eigenvalue weighted by Gasteiger charge is 2.27. The number of fused-ring (bicyclic) bond motifs is 6. The Kier molecular flexibility index (Phi) is 5.63. The standard InChI is InChI=1S/C38H30N2O3/c1-23-19-21-27-25-11-5-7-15-31(25)41-37(27)35(23)29-13-9-17-33(39(29)3)43-34-18-10-14-30(40(34)4)36-24(2)20-22-28-26-12-6-8-16-32(26)42-38(28)36/h5-22H,1-4H3/q+2. The number of hydrogen-bond acceptors (Lipinski definition) is 3. The average Bonchev–Trinajstić information content (AvgIpc) is 3.58. The van der Waals surface area contributed by atoms with Gasteiger partial charge >= 0.3 is 11.8 Å². The summed E-state index contributed by atoms with van der Waals surface area (Å²) < 4.78 is 23.7. The monoisotopic (exact) mass is 562 g/mol. The van der Waals surface area contributed by atoms with Crippen LogP contribution in [0.2, 0.25) is 0 Å². The van der Waals surface area contributed by atoms with Crippen molar-refractivity contribution in [3.8, 4) is 34.3 Å². The summed E-state index contributed by atoms with van der Waals surface area (Å²) in [6.07, 6.45) is 0. The van der Waals surface area contributed by atoms with Crippen LogP contribution < -0.4 is 13.9 Å². The second-order valence-corrected chi connectivity index (χ2v) is 11.2. The van der Waals surface area contributed by atoms with Gasteiger partial charge in [0.25, 0.3) is 0 Å². The molecule has 0 aliphatic heterocycles. The quantitative estimate of drug-likeness (QED) is 0.201. The fraction of sp³-hybridized carbons (Fsp3) is 0.105. The lowest BCUT2D eigenvalue weighted by atomic mass is 10.0. The average molecular weight is 563 g/mol. The summed E-state index contributed by atoms with van der Waals surface area (Å²) in [5.41, 5.74) is 9.98. The molecule has 0 aliphatic rings. The van der Waals surface area contributed by atoms with Crippen molar-refractivity contribution in [2.45, 2.75) is 13.8 Å². The number of benzene rings is 4. The molecule has 5 nitrogen and oxygen atoms in total. The van der Waals surface area contributed by atoms with Crippen LogP contribution in [-0.2, 0) is 14.1 Å². The fourth-order valence-electron chi connectivity index (χ4n) is 6.35. The van der Waals surface area contributed by atoms with Crippen molar-refractivity contribution in [3.05, 3.63) is 120 Å². The highest BCUT2D eigenvalue weighted by molar-refractivity contribution is 6.10. The number of hydrogen-bond donors (Lipinski definition) is 0. The molecular weight excluding hydrogens is 532 g/mol. The van der Waals surface area contributed by atoms with Crippen molar-refractivity contribution in [3.63, 3.8) is 0 Å². The first-order valence-electron chi connectivity index (χ1n) is 14.5. The van der Waals surface area contributed by atoms with Gasteiger partial charge < -0.3 is 13.6 Å². The molecule has 5 heteroatoms. The van der Waals surface area contributed by atoms with Gasteiger partial charge in [-0.3, -0.25) is 0 Å². The molecule has 208 valence electrons. The Morgan fingerprint density at radius 2 is 0.907 bits per heavy atom. The van der Waals surface area contributed by atoms with E-state index in [0.717, 1.165) is 89.3 Å². The first-order chi connectivity index (χ1) is 21.0. The highest BCUT2D eigenvalue weighted by Crippen LogP contribution is 2.39. The molecular formula is C38H30N2O3+2. The molecule has 4 heterocycles. The predicted octanol–water partition coefficient (Wildman–Crippen LogP) is 8.88. The second kappa shape index (κ2) is 9.57. The third kappa shape index (κ3) is 3.85. The first-order valence-corrected chi connectivity index (χ1v) is 14.5. The van der Waals surface area contributed by atoms with E-state index < -0.39 is 0 Å². The van der Waals surface area contributed by atoms with Gasteiger partial charge in [0.05, 0.1) is 23.3 Å². The van der Waals surface area contributed by atoms with Crippen LogP contribution in [0.3, 0.4) is 0 Å². The lowest BCUT2D eigenvalue weighted by Gasteiger charge is -2.10. The molecule has 0 fully saturated rings. The van der Waals surface area contributed by atoms with Gasteiger partial charge in [-0.1, -0.05) is 60.7 Å². The van der Waals surface area contributed by atoms with Gasteiger partial charge in [-0.15, -0.1) is 0 Å². The minimum absolute atomic E-state index is 0.719. The summed E-state index contributed by atoms with van der Waals surface area (Å²) in [5, 5.41) is 4.45. The number of ether oxygens (including phenoxy) is 1. The molecule has 4 aromatic carbocycles. The van der Waals surface area contributed by atoms with Crippen molar-refractivity contribution >= 4 is 43.9 Å². The molecule has 43 heavy (non-hydrogen) atoms. The number of aryl methyl sites for hydroxylation is 2. The van der Waals surface area contributed by atoms with Crippen molar-refractivity contribution in [1.29, 1.82) is 0 Å². The molecule has 0 atom stereocenters. The van der Waals surface area contributed by atoms with Crippen LogP contribution in [0.5, 0.6) is 11.8 Å². The summed E-state index contributed by atoms with van der Waals surface area (Å²) in [6, 6.07) is 37.3. The molecule has 0 bridgehead atoms. The van der Waals surface area contributed by atoms with Crippen molar-refractivity contribution in [1.82, 2.24) is 0 Å². The zero-order chi connectivity index (χ0) is 29.2. The fourth-order valence-corrected chi connectivity index (χ4v) is 6.35. The minimum Gasteiger partial charge on any atom is -0.455 e. The molecule has 0 N–H and O–H groups in total. The Morgan fingerprint density at radius 3 is 1.37 bits per heavy atom. The number of furan rings is 2. The SMILES string of the molecule is Cc1ccc2c(oc3ccccc32)c1-c1cccc(Oc2cccc(-c3c(C)ccc4c3oc3ccccc34)[n+]2C)[n+]1C. The minimum atomic E-state index is 0.719. The normalized spacial score (nSPS) is 11.7. The van der Waals surface area contributed by atoms with Gasteiger partial charge in [-0.25, -0.2) is 0 Å². The maximum absolute atomic E-state index is 6.65. The smallest absolute Gasteiger partial charge is 0.377 e. The van der Waals surface area contributed by atoms with Crippen LogP contribution in [0.15, 0.2) is 118 Å². The molecule has 0 unspecified atom stereocenters. The Bertz CT molecular complexity index is 2210. The van der Waals surface area contributed by atoms with Gasteiger partial charge in [-0.05, 0) is 49.2 Å². The van der Waals surface area contributed by atoms with Crippen molar-refractivity contribution < 1.29 is 22.7 Å². The van der Waals surface area contributed by atoms with Gasteiger partial charge in [0, 0.05) is 33.7 Å². The number of pyridine rings is 2. The summed E-state index contributed by atoms with van der Waals surface area (Å²) in [5.74, 6) is 1.44. The van der Waals surface area contributed by atoms with Crippen LogP contribution in [-0.4, -0.2) is 0 Å². The van der Waals surface area contributed by atoms with Gasteiger partial charge in [0.2, 0.25) is 11.4 Å². The summed E-state index contributed by atoms with van der Waals surface area (Å²) in [7, 11) is 4.07. The van der Waals surface area contributed by atoms with Gasteiger partial charge in [-0.2, -0.15) is 9.13 Å². The molecule has 0 saturated heterocycles. The van der Waals surface area contributed by atoms with Crippen LogP contribution in [0, 0.1) is 13.8 Å². The Morgan fingerprint density at radius 1 is 0.465 bits per heavy atom. The molecule has 4 aromatic heterocycles. The van der Waals surface area contributed by atoms with E-state index in [1.807, 2.05) is 62.6 Å². The second-order valence-electron chi connectivity index (χ2n) is 11.2. The molecule has 8 rings (SSSR count). The molecule has 8 aromatic rings. The van der Waals surface area contributed by atoms with Crippen LogP contribution >= 0.6 is 0 Å². The molecule has 0 amide bonds. The molecule has 0 aliphatic carbocycles. The van der Waals surface area contributed by atoms with Crippen molar-refractivity contribution in [2.24, 2.45) is 14.1 Å². The first kappa shape index (κ1) is 25.3. The van der Waals surface area contributed by atoms with E-state index in [9.17, 15) is 0 Å². The Labute approximate surface area is 248 Å². The third-order valence-electron chi connectivity index (χ3n) is 8.60. The van der Waals surface area contributed by atoms with E-state index in [-0.39, 0.29) is 0 Å². The number of nitrogens with zero attached hydrogens (tertiary/aromatic N) is 2. The largest absolute Gasteiger partial charge is 0.455 e. The number of rotatable bonds is 4. The van der Waals surface area contributed by atoms with Crippen LogP contribution in [0.4, 0.5) is 0 Å². The van der Waals surface area contributed by atoms with E-state index in [1.54, 1.807) is 0 Å². The molecule has 0 saturated carbocycles.